The predicted octanol–water partition coefficient (Wildman–Crippen LogP) is 4.94. The summed E-state index contributed by atoms with van der Waals surface area (Å²) in [5, 5.41) is 0. The molecule has 0 nitrogen and oxygen atoms in total. The van der Waals surface area contributed by atoms with E-state index in [4.69, 9.17) is 0 Å². The zero-order chi connectivity index (χ0) is 11.4. The normalized spacial score (nSPS) is 10.3. The van der Waals surface area contributed by atoms with Gasteiger partial charge < -0.3 is 0 Å². The zero-order valence-electron chi connectivity index (χ0n) is 9.27. The van der Waals surface area contributed by atoms with Gasteiger partial charge in [0, 0.05) is 9.77 Å². The highest BCUT2D eigenvalue weighted by atomic mass is 32.2. The Morgan fingerprint density at radius 3 is 2.75 bits per heavy atom. The third-order valence-corrected chi connectivity index (χ3v) is 4.55. The quantitative estimate of drug-likeness (QED) is 0.689. The number of benzene rings is 1. The van der Waals surface area contributed by atoms with Crippen LogP contribution in [0.25, 0.3) is 0 Å². The first kappa shape index (κ1) is 11.5. The molecule has 0 radical (unpaired) electrons. The lowest BCUT2D eigenvalue weighted by atomic mass is 10.2. The van der Waals surface area contributed by atoms with Crippen molar-refractivity contribution in [2.24, 2.45) is 0 Å². The molecule has 0 amide bonds. The van der Waals surface area contributed by atoms with Crippen LogP contribution in [0.1, 0.15) is 10.4 Å². The van der Waals surface area contributed by atoms with E-state index in [1.54, 1.807) is 0 Å². The molecule has 1 aromatic carbocycles. The van der Waals surface area contributed by atoms with Gasteiger partial charge in [-0.2, -0.15) is 0 Å². The molecule has 2 heteroatoms. The molecule has 0 atom stereocenters. The van der Waals surface area contributed by atoms with E-state index in [-0.39, 0.29) is 0 Å². The standard InChI is InChI=1S/C14H14S2/c1-3-7-12-10-11(2)15-14(12)16-13-8-5-4-6-9-13/h3-6,8-10H,1,7H2,2H3. The van der Waals surface area contributed by atoms with Crippen molar-refractivity contribution in [3.63, 3.8) is 0 Å². The van der Waals surface area contributed by atoms with Crippen LogP contribution in [0.5, 0.6) is 0 Å². The largest absolute Gasteiger partial charge is 0.134 e. The minimum atomic E-state index is 0.958. The summed E-state index contributed by atoms with van der Waals surface area (Å²) in [7, 11) is 0. The summed E-state index contributed by atoms with van der Waals surface area (Å²) in [6.45, 7) is 5.97. The van der Waals surface area contributed by atoms with Crippen LogP contribution in [-0.4, -0.2) is 0 Å². The molecule has 0 saturated carbocycles. The number of hydrogen-bond acceptors (Lipinski definition) is 2. The highest BCUT2D eigenvalue weighted by molar-refractivity contribution is 8.01. The third-order valence-electron chi connectivity index (χ3n) is 2.21. The molecule has 0 aliphatic rings. The molecule has 0 fully saturated rings. The first-order valence-corrected chi connectivity index (χ1v) is 6.86. The Labute approximate surface area is 105 Å². The van der Waals surface area contributed by atoms with Gasteiger partial charge in [0.2, 0.25) is 0 Å². The van der Waals surface area contributed by atoms with Gasteiger partial charge in [-0.3, -0.25) is 0 Å². The Kier molecular flexibility index (Phi) is 3.86. The molecule has 0 spiro atoms. The van der Waals surface area contributed by atoms with Crippen LogP contribution in [0, 0.1) is 6.92 Å². The predicted molar refractivity (Wildman–Crippen MR) is 73.5 cm³/mol. The van der Waals surface area contributed by atoms with E-state index >= 15 is 0 Å². The number of thiophene rings is 1. The van der Waals surface area contributed by atoms with Crippen LogP contribution in [0.4, 0.5) is 0 Å². The Bertz CT molecular complexity index is 469. The Morgan fingerprint density at radius 2 is 2.06 bits per heavy atom. The molecule has 0 unspecified atom stereocenters. The van der Waals surface area contributed by atoms with Gasteiger partial charge in [-0.15, -0.1) is 17.9 Å². The van der Waals surface area contributed by atoms with Crippen molar-refractivity contribution < 1.29 is 0 Å². The number of allylic oxidation sites excluding steroid dienone is 1. The van der Waals surface area contributed by atoms with E-state index < -0.39 is 0 Å². The smallest absolute Gasteiger partial charge is 0.0684 e. The van der Waals surface area contributed by atoms with Gasteiger partial charge >= 0.3 is 0 Å². The topological polar surface area (TPSA) is 0 Å². The van der Waals surface area contributed by atoms with E-state index in [1.807, 2.05) is 35.2 Å². The van der Waals surface area contributed by atoms with Gasteiger partial charge in [-0.25, -0.2) is 0 Å². The molecular weight excluding hydrogens is 232 g/mol. The average molecular weight is 246 g/mol. The van der Waals surface area contributed by atoms with Crippen LogP contribution < -0.4 is 0 Å². The molecule has 82 valence electrons. The van der Waals surface area contributed by atoms with Crippen LogP contribution in [0.3, 0.4) is 0 Å². The molecule has 0 bridgehead atoms. The molecule has 1 aromatic heterocycles. The van der Waals surface area contributed by atoms with Crippen molar-refractivity contribution in [3.8, 4) is 0 Å². The van der Waals surface area contributed by atoms with Crippen molar-refractivity contribution in [2.75, 3.05) is 0 Å². The number of aryl methyl sites for hydroxylation is 1. The number of hydrogen-bond donors (Lipinski definition) is 0. The molecule has 0 aliphatic heterocycles. The molecule has 2 aromatic rings. The molecular formula is C14H14S2. The van der Waals surface area contributed by atoms with E-state index in [1.165, 1.54) is 19.5 Å². The number of rotatable bonds is 4. The van der Waals surface area contributed by atoms with E-state index in [0.29, 0.717) is 0 Å². The van der Waals surface area contributed by atoms with Gasteiger partial charge in [0.1, 0.15) is 0 Å². The maximum absolute atomic E-state index is 3.81. The summed E-state index contributed by atoms with van der Waals surface area (Å²) in [5.74, 6) is 0. The van der Waals surface area contributed by atoms with Gasteiger partial charge in [0.25, 0.3) is 0 Å². The first-order valence-electron chi connectivity index (χ1n) is 5.22. The van der Waals surface area contributed by atoms with Crippen molar-refractivity contribution in [2.45, 2.75) is 22.4 Å². The second-order valence-electron chi connectivity index (χ2n) is 3.58. The Morgan fingerprint density at radius 1 is 1.31 bits per heavy atom. The van der Waals surface area contributed by atoms with Crippen molar-refractivity contribution in [3.05, 3.63) is 59.5 Å². The molecule has 2 rings (SSSR count). The van der Waals surface area contributed by atoms with E-state index in [9.17, 15) is 0 Å². The van der Waals surface area contributed by atoms with Crippen molar-refractivity contribution in [1.29, 1.82) is 0 Å². The molecule has 16 heavy (non-hydrogen) atoms. The van der Waals surface area contributed by atoms with Crippen LogP contribution in [0.2, 0.25) is 0 Å². The molecule has 0 N–H and O–H groups in total. The second-order valence-corrected chi connectivity index (χ2v) is 6.18. The lowest BCUT2D eigenvalue weighted by Crippen LogP contribution is -1.78. The fourth-order valence-corrected chi connectivity index (χ4v) is 3.92. The highest BCUT2D eigenvalue weighted by Crippen LogP contribution is 2.36. The maximum Gasteiger partial charge on any atom is 0.0684 e. The lowest BCUT2D eigenvalue weighted by molar-refractivity contribution is 1.24. The fourth-order valence-electron chi connectivity index (χ4n) is 1.53. The summed E-state index contributed by atoms with van der Waals surface area (Å²) in [6, 6.07) is 12.8. The van der Waals surface area contributed by atoms with E-state index in [2.05, 4.69) is 43.8 Å². The van der Waals surface area contributed by atoms with Crippen LogP contribution in [-0.2, 0) is 6.42 Å². The molecule has 0 saturated heterocycles. The van der Waals surface area contributed by atoms with Crippen molar-refractivity contribution in [1.82, 2.24) is 0 Å². The average Bonchev–Trinajstić information content (AvgIpc) is 2.61. The van der Waals surface area contributed by atoms with Crippen molar-refractivity contribution >= 4 is 23.1 Å². The maximum atomic E-state index is 3.81. The summed E-state index contributed by atoms with van der Waals surface area (Å²) < 4.78 is 1.39. The summed E-state index contributed by atoms with van der Waals surface area (Å²) in [6.07, 6.45) is 2.93. The zero-order valence-corrected chi connectivity index (χ0v) is 10.9. The van der Waals surface area contributed by atoms with Crippen LogP contribution in [0.15, 0.2) is 58.2 Å². The monoisotopic (exact) mass is 246 g/mol. The van der Waals surface area contributed by atoms with Gasteiger partial charge in [-0.1, -0.05) is 36.0 Å². The minimum absolute atomic E-state index is 0.958. The minimum Gasteiger partial charge on any atom is -0.134 e. The van der Waals surface area contributed by atoms with E-state index in [0.717, 1.165) is 6.42 Å². The summed E-state index contributed by atoms with van der Waals surface area (Å²) >= 11 is 3.71. The SMILES string of the molecule is C=CCc1cc(C)sc1Sc1ccccc1. The molecule has 0 aliphatic carbocycles. The second kappa shape index (κ2) is 5.37. The first-order chi connectivity index (χ1) is 7.79. The fraction of sp³-hybridized carbons (Fsp3) is 0.143. The van der Waals surface area contributed by atoms with Gasteiger partial charge in [0.05, 0.1) is 4.21 Å². The van der Waals surface area contributed by atoms with Gasteiger partial charge in [0.15, 0.2) is 0 Å². The van der Waals surface area contributed by atoms with Gasteiger partial charge in [-0.05, 0) is 37.1 Å². The highest BCUT2D eigenvalue weighted by Gasteiger charge is 2.07. The Hall–Kier alpha value is -0.990. The lowest BCUT2D eigenvalue weighted by Gasteiger charge is -2.00. The summed E-state index contributed by atoms with van der Waals surface area (Å²) in [5.41, 5.74) is 1.39. The summed E-state index contributed by atoms with van der Waals surface area (Å²) in [4.78, 5) is 2.67. The van der Waals surface area contributed by atoms with Crippen LogP contribution >= 0.6 is 23.1 Å². The molecule has 1 heterocycles. The third kappa shape index (κ3) is 2.77. The Balaban J connectivity index is 2.23.